The third kappa shape index (κ3) is 7.59. The van der Waals surface area contributed by atoms with Gasteiger partial charge in [-0.1, -0.05) is 6.07 Å². The van der Waals surface area contributed by atoms with E-state index in [1.165, 1.54) is 29.5 Å². The minimum Gasteiger partial charge on any atom is -0.490 e. The molecule has 2 N–H and O–H groups in total. The number of carbonyl (C=O) groups is 1. The number of amides is 2. The van der Waals surface area contributed by atoms with Crippen LogP contribution in [0.5, 0.6) is 11.5 Å². The van der Waals surface area contributed by atoms with Gasteiger partial charge in [-0.25, -0.2) is 9.78 Å². The maximum Gasteiger partial charge on any atom is 0.573 e. The number of nitrogens with zero attached hydrogens (tertiary/aromatic N) is 2. The number of urea groups is 1. The maximum atomic E-state index is 12.5. The number of hydrogen-bond acceptors (Lipinski definition) is 6. The Balaban J connectivity index is 1.44. The molecular weight excluding hydrogens is 435 g/mol. The fourth-order valence-corrected chi connectivity index (χ4v) is 3.92. The third-order valence-corrected chi connectivity index (χ3v) is 5.48. The fraction of sp³-hybridized carbons (Fsp3) is 0.500. The number of aliphatic hydroxyl groups excluding tert-OH is 1. The first kappa shape index (κ1) is 23.1. The van der Waals surface area contributed by atoms with Gasteiger partial charge in [0.05, 0.1) is 5.69 Å². The molecule has 1 fully saturated rings. The summed E-state index contributed by atoms with van der Waals surface area (Å²) in [6.07, 6.45) is -1.53. The van der Waals surface area contributed by atoms with E-state index in [-0.39, 0.29) is 24.5 Å². The third-order valence-electron chi connectivity index (χ3n) is 4.68. The molecule has 31 heavy (non-hydrogen) atoms. The normalized spacial score (nSPS) is 15.0. The zero-order chi connectivity index (χ0) is 22.3. The molecule has 2 amide bonds. The molecule has 1 saturated heterocycles. The van der Waals surface area contributed by atoms with Crippen molar-refractivity contribution in [1.82, 2.24) is 9.88 Å². The quantitative estimate of drug-likeness (QED) is 0.571. The van der Waals surface area contributed by atoms with Gasteiger partial charge in [-0.2, -0.15) is 0 Å². The molecule has 2 aromatic rings. The van der Waals surface area contributed by atoms with E-state index < -0.39 is 6.36 Å². The van der Waals surface area contributed by atoms with Gasteiger partial charge in [-0.3, -0.25) is 5.32 Å². The Morgan fingerprint density at radius 3 is 2.71 bits per heavy atom. The molecule has 0 atom stereocenters. The van der Waals surface area contributed by atoms with Gasteiger partial charge >= 0.3 is 12.4 Å². The average molecular weight is 459 g/mol. The number of rotatable bonds is 8. The largest absolute Gasteiger partial charge is 0.573 e. The molecule has 0 unspecified atom stereocenters. The highest BCUT2D eigenvalue weighted by Crippen LogP contribution is 2.28. The lowest BCUT2D eigenvalue weighted by atomic mass is 10.1. The predicted molar refractivity (Wildman–Crippen MR) is 110 cm³/mol. The Morgan fingerprint density at radius 2 is 2.00 bits per heavy atom. The number of halogens is 3. The number of carbonyl (C=O) groups excluding carboxylic acids is 1. The number of alkyl halides is 3. The van der Waals surface area contributed by atoms with Crippen LogP contribution in [0.2, 0.25) is 0 Å². The number of aliphatic hydroxyl groups is 1. The second kappa shape index (κ2) is 10.7. The Bertz CT molecular complexity index is 854. The second-order valence-corrected chi connectivity index (χ2v) is 7.94. The highest BCUT2D eigenvalue weighted by atomic mass is 32.1. The summed E-state index contributed by atoms with van der Waals surface area (Å²) in [6.45, 7) is 1.08. The molecule has 1 aromatic carbocycles. The number of unbranched alkanes of at least 4 members (excludes halogenated alkanes) is 1. The van der Waals surface area contributed by atoms with Crippen LogP contribution < -0.4 is 14.8 Å². The summed E-state index contributed by atoms with van der Waals surface area (Å²) in [5.41, 5.74) is 0.887. The Hall–Kier alpha value is -2.53. The number of aryl methyl sites for hydroxylation is 1. The summed E-state index contributed by atoms with van der Waals surface area (Å²) >= 11 is 1.36. The topological polar surface area (TPSA) is 83.9 Å². The van der Waals surface area contributed by atoms with E-state index >= 15 is 0 Å². The summed E-state index contributed by atoms with van der Waals surface area (Å²) < 4.78 is 46.8. The van der Waals surface area contributed by atoms with E-state index in [0.717, 1.165) is 25.0 Å². The molecule has 0 radical (unpaired) electrons. The minimum absolute atomic E-state index is 0.153. The molecule has 1 aliphatic heterocycles. The molecule has 2 heterocycles. The van der Waals surface area contributed by atoms with Crippen molar-refractivity contribution >= 4 is 22.5 Å². The van der Waals surface area contributed by atoms with E-state index in [4.69, 9.17) is 9.84 Å². The number of benzene rings is 1. The number of likely N-dealkylation sites (tertiary alicyclic amines) is 1. The van der Waals surface area contributed by atoms with Crippen molar-refractivity contribution in [2.75, 3.05) is 25.0 Å². The molecule has 0 saturated carbocycles. The van der Waals surface area contributed by atoms with Gasteiger partial charge in [-0.05, 0) is 31.4 Å². The zero-order valence-corrected chi connectivity index (χ0v) is 17.5. The lowest BCUT2D eigenvalue weighted by Gasteiger charge is -2.32. The molecule has 0 aliphatic carbocycles. The lowest BCUT2D eigenvalue weighted by Crippen LogP contribution is -2.43. The molecule has 7 nitrogen and oxygen atoms in total. The first-order valence-corrected chi connectivity index (χ1v) is 10.8. The SMILES string of the molecule is O=C(Nc1nc(CCCCO)cs1)N1CCC(Oc2cccc(OC(F)(F)F)c2)CC1. The smallest absolute Gasteiger partial charge is 0.490 e. The highest BCUT2D eigenvalue weighted by molar-refractivity contribution is 7.13. The van der Waals surface area contributed by atoms with Gasteiger partial charge in [0.25, 0.3) is 0 Å². The number of anilines is 1. The van der Waals surface area contributed by atoms with Crippen LogP contribution in [0.3, 0.4) is 0 Å². The molecule has 1 aromatic heterocycles. The van der Waals surface area contributed by atoms with E-state index in [0.29, 0.717) is 36.8 Å². The number of hydrogen-bond donors (Lipinski definition) is 2. The van der Waals surface area contributed by atoms with Crippen molar-refractivity contribution in [2.45, 2.75) is 44.6 Å². The van der Waals surface area contributed by atoms with Crippen LogP contribution in [0.1, 0.15) is 31.4 Å². The standard InChI is InChI=1S/C20H24F3N3O4S/c21-20(22,23)30-17-6-3-5-16(12-17)29-15-7-9-26(10-8-15)19(28)25-18-24-14(13-31-18)4-1-2-11-27/h3,5-6,12-13,15,27H,1-2,4,7-11H2,(H,24,25,28). The first-order valence-electron chi connectivity index (χ1n) is 9.96. The summed E-state index contributed by atoms with van der Waals surface area (Å²) in [6, 6.07) is 5.18. The molecule has 11 heteroatoms. The number of aromatic nitrogens is 1. The average Bonchev–Trinajstić information content (AvgIpc) is 3.15. The van der Waals surface area contributed by atoms with Crippen LogP contribution in [-0.2, 0) is 6.42 Å². The summed E-state index contributed by atoms with van der Waals surface area (Å²) in [4.78, 5) is 18.5. The molecule has 3 rings (SSSR count). The molecule has 170 valence electrons. The van der Waals surface area contributed by atoms with Crippen LogP contribution in [0.15, 0.2) is 29.6 Å². The van der Waals surface area contributed by atoms with Crippen molar-refractivity contribution in [3.63, 3.8) is 0 Å². The number of nitrogens with one attached hydrogen (secondary N) is 1. The molecule has 0 bridgehead atoms. The lowest BCUT2D eigenvalue weighted by molar-refractivity contribution is -0.274. The fourth-order valence-electron chi connectivity index (χ4n) is 3.18. The van der Waals surface area contributed by atoms with E-state index in [1.54, 1.807) is 11.0 Å². The van der Waals surface area contributed by atoms with Gasteiger partial charge in [0, 0.05) is 44.0 Å². The number of piperidine rings is 1. The Morgan fingerprint density at radius 1 is 1.26 bits per heavy atom. The molecular formula is C20H24F3N3O4S. The van der Waals surface area contributed by atoms with Crippen molar-refractivity contribution in [2.24, 2.45) is 0 Å². The first-order chi connectivity index (χ1) is 14.8. The van der Waals surface area contributed by atoms with Crippen LogP contribution in [0.25, 0.3) is 0 Å². The molecule has 1 aliphatic rings. The van der Waals surface area contributed by atoms with Gasteiger partial charge in [0.1, 0.15) is 17.6 Å². The van der Waals surface area contributed by atoms with Crippen LogP contribution in [0.4, 0.5) is 23.1 Å². The Kier molecular flexibility index (Phi) is 7.97. The van der Waals surface area contributed by atoms with Crippen LogP contribution in [0, 0.1) is 0 Å². The maximum absolute atomic E-state index is 12.5. The number of ether oxygens (including phenoxy) is 2. The summed E-state index contributed by atoms with van der Waals surface area (Å²) in [5, 5.41) is 14.1. The van der Waals surface area contributed by atoms with Gasteiger partial charge in [0.2, 0.25) is 0 Å². The predicted octanol–water partition coefficient (Wildman–Crippen LogP) is 4.43. The second-order valence-electron chi connectivity index (χ2n) is 7.08. The summed E-state index contributed by atoms with van der Waals surface area (Å²) in [5.74, 6) is -0.0397. The van der Waals surface area contributed by atoms with Crippen molar-refractivity contribution in [3.8, 4) is 11.5 Å². The van der Waals surface area contributed by atoms with Crippen molar-refractivity contribution in [1.29, 1.82) is 0 Å². The number of thiazole rings is 1. The van der Waals surface area contributed by atoms with Gasteiger partial charge in [0.15, 0.2) is 5.13 Å². The van der Waals surface area contributed by atoms with Gasteiger partial charge < -0.3 is 19.5 Å². The van der Waals surface area contributed by atoms with E-state index in [2.05, 4.69) is 15.0 Å². The highest BCUT2D eigenvalue weighted by Gasteiger charge is 2.31. The van der Waals surface area contributed by atoms with Crippen molar-refractivity contribution < 1.29 is 32.5 Å². The minimum atomic E-state index is -4.76. The van der Waals surface area contributed by atoms with Crippen molar-refractivity contribution in [3.05, 3.63) is 35.3 Å². The Labute approximate surface area is 181 Å². The van der Waals surface area contributed by atoms with Gasteiger partial charge in [-0.15, -0.1) is 24.5 Å². The summed E-state index contributed by atoms with van der Waals surface area (Å²) in [7, 11) is 0. The monoisotopic (exact) mass is 459 g/mol. The zero-order valence-electron chi connectivity index (χ0n) is 16.7. The van der Waals surface area contributed by atoms with E-state index in [9.17, 15) is 18.0 Å². The molecule has 0 spiro atoms. The van der Waals surface area contributed by atoms with Crippen LogP contribution in [-0.4, -0.2) is 53.2 Å². The van der Waals surface area contributed by atoms with E-state index in [1.807, 2.05) is 5.38 Å². The van der Waals surface area contributed by atoms with Crippen LogP contribution >= 0.6 is 11.3 Å².